The first-order chi connectivity index (χ1) is 9.78. The van der Waals surface area contributed by atoms with Crippen LogP contribution in [0.4, 0.5) is 0 Å². The molecule has 112 valence electrons. The molecule has 0 saturated heterocycles. The first kappa shape index (κ1) is 15.2. The molecule has 2 rings (SSSR count). The van der Waals surface area contributed by atoms with Crippen LogP contribution in [0, 0.1) is 5.92 Å². The number of rotatable bonds is 6. The van der Waals surface area contributed by atoms with E-state index in [4.69, 9.17) is 9.47 Å². The molecule has 1 fully saturated rings. The number of hydrogen-bond donors (Lipinski definition) is 1. The Morgan fingerprint density at radius 2 is 1.80 bits per heavy atom. The molecule has 0 bridgehead atoms. The number of benzene rings is 1. The van der Waals surface area contributed by atoms with Gasteiger partial charge in [0.2, 0.25) is 0 Å². The summed E-state index contributed by atoms with van der Waals surface area (Å²) < 4.78 is 10.7. The first-order valence-corrected chi connectivity index (χ1v) is 7.66. The standard InChI is InChI=1S/C17H27NO2/c1-18-15(14-7-5-4-6-8-14)11-13-9-10-16(19-2)17(12-13)20-3/h9-10,12,14-15,18H,4-8,11H2,1-3H3. The van der Waals surface area contributed by atoms with Crippen LogP contribution in [0.15, 0.2) is 18.2 Å². The molecule has 1 unspecified atom stereocenters. The third kappa shape index (κ3) is 3.66. The van der Waals surface area contributed by atoms with Crippen LogP contribution in [-0.2, 0) is 6.42 Å². The highest BCUT2D eigenvalue weighted by Crippen LogP contribution is 2.31. The van der Waals surface area contributed by atoms with Crippen molar-refractivity contribution in [1.29, 1.82) is 0 Å². The largest absolute Gasteiger partial charge is 0.493 e. The summed E-state index contributed by atoms with van der Waals surface area (Å²) in [5.41, 5.74) is 1.31. The average molecular weight is 277 g/mol. The van der Waals surface area contributed by atoms with Gasteiger partial charge < -0.3 is 14.8 Å². The summed E-state index contributed by atoms with van der Waals surface area (Å²) >= 11 is 0. The van der Waals surface area contributed by atoms with Gasteiger partial charge in [-0.25, -0.2) is 0 Å². The second-order valence-corrected chi connectivity index (χ2v) is 5.69. The minimum Gasteiger partial charge on any atom is -0.493 e. The predicted molar refractivity (Wildman–Crippen MR) is 82.7 cm³/mol. The Bertz CT molecular complexity index is 413. The summed E-state index contributed by atoms with van der Waals surface area (Å²) in [6, 6.07) is 6.82. The van der Waals surface area contributed by atoms with Gasteiger partial charge in [-0.3, -0.25) is 0 Å². The Balaban J connectivity index is 2.06. The maximum absolute atomic E-state index is 5.39. The van der Waals surface area contributed by atoms with E-state index in [-0.39, 0.29) is 0 Å². The van der Waals surface area contributed by atoms with Crippen LogP contribution in [0.3, 0.4) is 0 Å². The predicted octanol–water partition coefficient (Wildman–Crippen LogP) is 3.41. The van der Waals surface area contributed by atoms with Crippen LogP contribution in [0.1, 0.15) is 37.7 Å². The second-order valence-electron chi connectivity index (χ2n) is 5.69. The van der Waals surface area contributed by atoms with Gasteiger partial charge in [0.15, 0.2) is 11.5 Å². The summed E-state index contributed by atoms with van der Waals surface area (Å²) in [7, 11) is 5.45. The molecule has 1 N–H and O–H groups in total. The zero-order valence-corrected chi connectivity index (χ0v) is 12.9. The molecule has 0 aromatic heterocycles. The SMILES string of the molecule is CNC(Cc1ccc(OC)c(OC)c1)C1CCCCC1. The van der Waals surface area contributed by atoms with Crippen molar-refractivity contribution >= 4 is 0 Å². The molecule has 3 nitrogen and oxygen atoms in total. The quantitative estimate of drug-likeness (QED) is 0.864. The van der Waals surface area contributed by atoms with Crippen molar-refractivity contribution < 1.29 is 9.47 Å². The van der Waals surface area contributed by atoms with Crippen molar-refractivity contribution in [2.75, 3.05) is 21.3 Å². The summed E-state index contributed by atoms with van der Waals surface area (Å²) in [6.45, 7) is 0. The number of nitrogens with one attached hydrogen (secondary N) is 1. The molecule has 0 radical (unpaired) electrons. The van der Waals surface area contributed by atoms with Crippen LogP contribution < -0.4 is 14.8 Å². The van der Waals surface area contributed by atoms with Crippen molar-refractivity contribution in [1.82, 2.24) is 5.32 Å². The van der Waals surface area contributed by atoms with E-state index in [1.807, 2.05) is 6.07 Å². The average Bonchev–Trinajstić information content (AvgIpc) is 2.53. The second kappa shape index (κ2) is 7.53. The molecule has 0 spiro atoms. The normalized spacial score (nSPS) is 17.8. The highest BCUT2D eigenvalue weighted by atomic mass is 16.5. The highest BCUT2D eigenvalue weighted by molar-refractivity contribution is 5.43. The summed E-state index contributed by atoms with van der Waals surface area (Å²) in [4.78, 5) is 0. The fourth-order valence-electron chi connectivity index (χ4n) is 3.30. The lowest BCUT2D eigenvalue weighted by Gasteiger charge is -2.30. The van der Waals surface area contributed by atoms with E-state index in [9.17, 15) is 0 Å². The van der Waals surface area contributed by atoms with E-state index in [1.54, 1.807) is 14.2 Å². The summed E-state index contributed by atoms with van der Waals surface area (Å²) in [6.07, 6.45) is 7.95. The van der Waals surface area contributed by atoms with Crippen LogP contribution in [-0.4, -0.2) is 27.3 Å². The Kier molecular flexibility index (Phi) is 5.72. The zero-order valence-electron chi connectivity index (χ0n) is 12.9. The molecule has 0 aliphatic heterocycles. The smallest absolute Gasteiger partial charge is 0.160 e. The maximum Gasteiger partial charge on any atom is 0.160 e. The van der Waals surface area contributed by atoms with Gasteiger partial charge in [0.25, 0.3) is 0 Å². The van der Waals surface area contributed by atoms with Crippen molar-refractivity contribution in [3.8, 4) is 11.5 Å². The van der Waals surface area contributed by atoms with E-state index in [1.165, 1.54) is 37.7 Å². The third-order valence-corrected chi connectivity index (χ3v) is 4.49. The minimum atomic E-state index is 0.563. The molecule has 20 heavy (non-hydrogen) atoms. The maximum atomic E-state index is 5.39. The van der Waals surface area contributed by atoms with Crippen LogP contribution in [0.25, 0.3) is 0 Å². The molecule has 1 saturated carbocycles. The topological polar surface area (TPSA) is 30.5 Å². The van der Waals surface area contributed by atoms with Gasteiger partial charge in [-0.2, -0.15) is 0 Å². The minimum absolute atomic E-state index is 0.563. The number of likely N-dealkylation sites (N-methyl/N-ethyl adjacent to an activating group) is 1. The van der Waals surface area contributed by atoms with Crippen molar-refractivity contribution in [2.24, 2.45) is 5.92 Å². The van der Waals surface area contributed by atoms with Gasteiger partial charge in [0.1, 0.15) is 0 Å². The molecule has 3 heteroatoms. The fourth-order valence-corrected chi connectivity index (χ4v) is 3.30. The molecule has 1 aliphatic carbocycles. The van der Waals surface area contributed by atoms with Crippen LogP contribution in [0.2, 0.25) is 0 Å². The molecule has 1 aliphatic rings. The van der Waals surface area contributed by atoms with Crippen LogP contribution in [0.5, 0.6) is 11.5 Å². The van der Waals surface area contributed by atoms with Gasteiger partial charge in [-0.05, 0) is 49.9 Å². The lowest BCUT2D eigenvalue weighted by atomic mass is 9.81. The number of methoxy groups -OCH3 is 2. The van der Waals surface area contributed by atoms with Gasteiger partial charge in [0.05, 0.1) is 14.2 Å². The lowest BCUT2D eigenvalue weighted by Crippen LogP contribution is -2.36. The Morgan fingerprint density at radius 1 is 1.10 bits per heavy atom. The van der Waals surface area contributed by atoms with Gasteiger partial charge in [-0.1, -0.05) is 25.3 Å². The number of hydrogen-bond acceptors (Lipinski definition) is 3. The molecule has 1 aromatic rings. The third-order valence-electron chi connectivity index (χ3n) is 4.49. The monoisotopic (exact) mass is 277 g/mol. The lowest BCUT2D eigenvalue weighted by molar-refractivity contribution is 0.276. The Labute approximate surface area is 122 Å². The Morgan fingerprint density at radius 3 is 2.40 bits per heavy atom. The fraction of sp³-hybridized carbons (Fsp3) is 0.647. The van der Waals surface area contributed by atoms with Gasteiger partial charge >= 0.3 is 0 Å². The van der Waals surface area contributed by atoms with E-state index in [2.05, 4.69) is 24.5 Å². The van der Waals surface area contributed by atoms with E-state index < -0.39 is 0 Å². The molecule has 0 amide bonds. The molecule has 1 aromatic carbocycles. The molecular weight excluding hydrogens is 250 g/mol. The Hall–Kier alpha value is -1.22. The van der Waals surface area contributed by atoms with Crippen LogP contribution >= 0.6 is 0 Å². The van der Waals surface area contributed by atoms with Gasteiger partial charge in [0, 0.05) is 6.04 Å². The molecule has 1 atom stereocenters. The number of ether oxygens (including phenoxy) is 2. The molecular formula is C17H27NO2. The van der Waals surface area contributed by atoms with E-state index in [0.29, 0.717) is 6.04 Å². The highest BCUT2D eigenvalue weighted by Gasteiger charge is 2.22. The van der Waals surface area contributed by atoms with Crippen molar-refractivity contribution in [3.05, 3.63) is 23.8 Å². The van der Waals surface area contributed by atoms with Crippen molar-refractivity contribution in [2.45, 2.75) is 44.6 Å². The van der Waals surface area contributed by atoms with Gasteiger partial charge in [-0.15, -0.1) is 0 Å². The molecule has 0 heterocycles. The summed E-state index contributed by atoms with van der Waals surface area (Å²) in [5, 5.41) is 3.51. The zero-order chi connectivity index (χ0) is 14.4. The van der Waals surface area contributed by atoms with E-state index in [0.717, 1.165) is 23.8 Å². The van der Waals surface area contributed by atoms with Crippen molar-refractivity contribution in [3.63, 3.8) is 0 Å². The first-order valence-electron chi connectivity index (χ1n) is 7.66. The summed E-state index contributed by atoms with van der Waals surface area (Å²) in [5.74, 6) is 2.43. The van der Waals surface area contributed by atoms with E-state index >= 15 is 0 Å².